The van der Waals surface area contributed by atoms with Crippen molar-refractivity contribution < 1.29 is 14.3 Å². The molecule has 200 valence electrons. The van der Waals surface area contributed by atoms with Gasteiger partial charge >= 0.3 is 0 Å². The number of carbonyl (C=O) groups is 2. The summed E-state index contributed by atoms with van der Waals surface area (Å²) in [4.78, 5) is 33.3. The predicted molar refractivity (Wildman–Crippen MR) is 148 cm³/mol. The van der Waals surface area contributed by atoms with E-state index in [9.17, 15) is 9.59 Å². The fourth-order valence-corrected chi connectivity index (χ4v) is 5.46. The van der Waals surface area contributed by atoms with Gasteiger partial charge in [0.15, 0.2) is 5.96 Å². The van der Waals surface area contributed by atoms with Crippen LogP contribution in [0.2, 0.25) is 0 Å². The minimum absolute atomic E-state index is 0. The molecule has 1 aliphatic heterocycles. The predicted octanol–water partition coefficient (Wildman–Crippen LogP) is 4.43. The Morgan fingerprint density at radius 1 is 1.11 bits per heavy atom. The molecule has 2 aliphatic carbocycles. The first-order valence-electron chi connectivity index (χ1n) is 13.4. The molecule has 0 atom stereocenters. The van der Waals surface area contributed by atoms with Gasteiger partial charge in [0.25, 0.3) is 0 Å². The zero-order valence-electron chi connectivity index (χ0n) is 21.5. The van der Waals surface area contributed by atoms with E-state index in [1.165, 1.54) is 38.5 Å². The van der Waals surface area contributed by atoms with Crippen LogP contribution in [0.15, 0.2) is 23.2 Å². The summed E-state index contributed by atoms with van der Waals surface area (Å²) in [5.74, 6) is 1.32. The van der Waals surface area contributed by atoms with E-state index in [0.717, 1.165) is 42.7 Å². The van der Waals surface area contributed by atoms with Crippen molar-refractivity contribution in [2.45, 2.75) is 95.7 Å². The molecule has 0 bridgehead atoms. The fraction of sp³-hybridized carbons (Fsp3) is 0.667. The highest BCUT2D eigenvalue weighted by molar-refractivity contribution is 8.93. The lowest BCUT2D eigenvalue weighted by Crippen LogP contribution is -2.47. The van der Waals surface area contributed by atoms with Gasteiger partial charge in [-0.25, -0.2) is 4.99 Å². The van der Waals surface area contributed by atoms with Crippen molar-refractivity contribution in [2.75, 3.05) is 20.2 Å². The topological polar surface area (TPSA) is 100 Å². The molecule has 1 heterocycles. The summed E-state index contributed by atoms with van der Waals surface area (Å²) in [5.41, 5.74) is 7.94. The highest BCUT2D eigenvalue weighted by Gasteiger charge is 2.23. The summed E-state index contributed by atoms with van der Waals surface area (Å²) in [6.07, 6.45) is 12.9. The van der Waals surface area contributed by atoms with E-state index in [4.69, 9.17) is 10.5 Å². The third-order valence-corrected chi connectivity index (χ3v) is 7.60. The maximum absolute atomic E-state index is 12.6. The van der Waals surface area contributed by atoms with Crippen LogP contribution in [-0.4, -0.2) is 59.9 Å². The van der Waals surface area contributed by atoms with Gasteiger partial charge in [-0.1, -0.05) is 38.5 Å². The zero-order valence-corrected chi connectivity index (χ0v) is 23.3. The Morgan fingerprint density at radius 3 is 2.53 bits per heavy atom. The van der Waals surface area contributed by atoms with E-state index in [1.807, 2.05) is 35.0 Å². The van der Waals surface area contributed by atoms with Crippen molar-refractivity contribution in [3.63, 3.8) is 0 Å². The second-order valence-corrected chi connectivity index (χ2v) is 10.3. The quantitative estimate of drug-likeness (QED) is 0.433. The molecule has 0 unspecified atom stereocenters. The van der Waals surface area contributed by atoms with Crippen LogP contribution in [0.25, 0.3) is 0 Å². The summed E-state index contributed by atoms with van der Waals surface area (Å²) in [7, 11) is 1.94. The van der Waals surface area contributed by atoms with Crippen LogP contribution in [0.1, 0.15) is 82.6 Å². The number of hydrogen-bond acceptors (Lipinski definition) is 6. The second-order valence-electron chi connectivity index (χ2n) is 10.3. The summed E-state index contributed by atoms with van der Waals surface area (Å²) in [6.45, 7) is 1.21. The number of nitrogens with zero attached hydrogens (tertiary/aromatic N) is 3. The molecule has 2 amide bonds. The lowest BCUT2D eigenvalue weighted by atomic mass is 9.94. The van der Waals surface area contributed by atoms with Crippen molar-refractivity contribution in [1.82, 2.24) is 15.1 Å². The molecular weight excluding hydrogens is 522 g/mol. The van der Waals surface area contributed by atoms with Crippen LogP contribution in [0.5, 0.6) is 5.75 Å². The molecular formula is C27H42BrN5O3. The Balaban J connectivity index is 0.00000361. The van der Waals surface area contributed by atoms with E-state index in [-0.39, 0.29) is 41.4 Å². The molecule has 2 saturated carbocycles. The number of benzene rings is 1. The number of hydrogen-bond donors (Lipinski definition) is 2. The smallest absolute Gasteiger partial charge is 0.239 e. The van der Waals surface area contributed by atoms with Crippen LogP contribution >= 0.6 is 17.0 Å². The number of amides is 2. The largest absolute Gasteiger partial charge is 0.494 e. The number of nitrogens with one attached hydrogen (secondary N) is 1. The Morgan fingerprint density at radius 2 is 1.81 bits per heavy atom. The minimum atomic E-state index is -0.00577. The first-order valence-corrected chi connectivity index (χ1v) is 13.4. The monoisotopic (exact) mass is 563 g/mol. The van der Waals surface area contributed by atoms with Gasteiger partial charge in [-0.3, -0.25) is 9.59 Å². The van der Waals surface area contributed by atoms with E-state index in [1.54, 1.807) is 0 Å². The number of nitrogens with two attached hydrogens (primary N) is 1. The van der Waals surface area contributed by atoms with Crippen LogP contribution in [0.3, 0.4) is 0 Å². The fourth-order valence-electron chi connectivity index (χ4n) is 5.46. The van der Waals surface area contributed by atoms with E-state index in [2.05, 4.69) is 10.3 Å². The maximum atomic E-state index is 12.6. The number of aliphatic imine (C=N–C) groups is 1. The molecule has 3 aliphatic rings. The number of ether oxygens (including phenoxy) is 1. The molecule has 0 spiro atoms. The summed E-state index contributed by atoms with van der Waals surface area (Å²) in [6, 6.07) is 6.43. The molecule has 1 aromatic rings. The Bertz CT molecular complexity index is 913. The molecule has 0 aromatic heterocycles. The molecule has 0 radical (unpaired) electrons. The van der Waals surface area contributed by atoms with Crippen molar-refractivity contribution >= 4 is 40.4 Å². The van der Waals surface area contributed by atoms with Gasteiger partial charge in [0, 0.05) is 37.7 Å². The summed E-state index contributed by atoms with van der Waals surface area (Å²) < 4.78 is 5.94. The van der Waals surface area contributed by atoms with Gasteiger partial charge in [0.1, 0.15) is 5.75 Å². The van der Waals surface area contributed by atoms with Gasteiger partial charge in [-0.2, -0.15) is 0 Å². The maximum Gasteiger partial charge on any atom is 0.239 e. The molecule has 9 heteroatoms. The van der Waals surface area contributed by atoms with Crippen LogP contribution in [-0.2, 0) is 16.1 Å². The van der Waals surface area contributed by atoms with Crippen molar-refractivity contribution in [1.29, 1.82) is 0 Å². The lowest BCUT2D eigenvalue weighted by molar-refractivity contribution is -0.132. The molecule has 4 rings (SSSR count). The van der Waals surface area contributed by atoms with Crippen LogP contribution in [0.4, 0.5) is 5.69 Å². The van der Waals surface area contributed by atoms with E-state index < -0.39 is 0 Å². The first-order chi connectivity index (χ1) is 17.0. The lowest BCUT2D eigenvalue weighted by Gasteiger charge is -2.31. The van der Waals surface area contributed by atoms with E-state index >= 15 is 0 Å². The van der Waals surface area contributed by atoms with Crippen molar-refractivity contribution in [3.05, 3.63) is 23.8 Å². The van der Waals surface area contributed by atoms with Crippen molar-refractivity contribution in [3.8, 4) is 5.75 Å². The molecule has 36 heavy (non-hydrogen) atoms. The summed E-state index contributed by atoms with van der Waals surface area (Å²) in [5, 5.41) is 3.15. The third kappa shape index (κ3) is 7.85. The molecule has 2 fully saturated rings. The number of halogens is 1. The number of rotatable bonds is 9. The van der Waals surface area contributed by atoms with Crippen molar-refractivity contribution in [2.24, 2.45) is 10.7 Å². The normalized spacial score (nSPS) is 18.5. The molecule has 8 nitrogen and oxygen atoms in total. The van der Waals surface area contributed by atoms with Crippen LogP contribution in [0, 0.1) is 0 Å². The van der Waals surface area contributed by atoms with Crippen LogP contribution < -0.4 is 15.8 Å². The van der Waals surface area contributed by atoms with Gasteiger partial charge in [0.05, 0.1) is 18.8 Å². The third-order valence-electron chi connectivity index (χ3n) is 7.60. The average molecular weight is 565 g/mol. The standard InChI is InChI=1S/C27H41N5O3.BrH/c1-31(22-11-6-3-7-12-22)26(34)13-8-16-35-23-14-15-24-20(17-23)18-32(27(28)30-24)19-25(33)29-21-9-4-2-5-10-21;/h14-15,17,21-22H,2-13,16,18-19H2,1H3,(H2,28,30)(H,29,33);1H. The highest BCUT2D eigenvalue weighted by atomic mass is 79.9. The summed E-state index contributed by atoms with van der Waals surface area (Å²) >= 11 is 0. The number of carbonyl (C=O) groups excluding carboxylic acids is 2. The highest BCUT2D eigenvalue weighted by Crippen LogP contribution is 2.29. The first kappa shape index (κ1) is 28.3. The number of fused-ring (bicyclic) bond motifs is 1. The average Bonchev–Trinajstić information content (AvgIpc) is 2.87. The Labute approximate surface area is 225 Å². The van der Waals surface area contributed by atoms with Gasteiger partial charge in [-0.05, 0) is 50.3 Å². The SMILES string of the molecule is Br.CN(C(=O)CCCOc1ccc2c(c1)CN(CC(=O)NC1CCCCC1)C(N)=N2)C1CCCCC1. The minimum Gasteiger partial charge on any atom is -0.494 e. The Hall–Kier alpha value is -2.29. The molecule has 0 saturated heterocycles. The van der Waals surface area contributed by atoms with Gasteiger partial charge in [-0.15, -0.1) is 17.0 Å². The number of guanidine groups is 1. The van der Waals surface area contributed by atoms with E-state index in [0.29, 0.717) is 38.0 Å². The molecule has 3 N–H and O–H groups in total. The zero-order chi connectivity index (χ0) is 24.6. The molecule has 1 aromatic carbocycles. The van der Waals surface area contributed by atoms with Gasteiger partial charge < -0.3 is 25.6 Å². The van der Waals surface area contributed by atoms with Gasteiger partial charge in [0.2, 0.25) is 11.8 Å². The Kier molecular flexibility index (Phi) is 10.9. The second kappa shape index (κ2) is 13.9.